The van der Waals surface area contributed by atoms with E-state index in [1.165, 1.54) is 28.8 Å². The maximum absolute atomic E-state index is 13.3. The molecule has 0 aromatic carbocycles. The van der Waals surface area contributed by atoms with Gasteiger partial charge in [0, 0.05) is 32.7 Å². The highest BCUT2D eigenvalue weighted by Crippen LogP contribution is 2.35. The second-order valence-electron chi connectivity index (χ2n) is 5.54. The van der Waals surface area contributed by atoms with E-state index >= 15 is 0 Å². The number of carbonyl (C=O) groups excluding carboxylic acids is 1. The maximum Gasteiger partial charge on any atom is 0.421 e. The van der Waals surface area contributed by atoms with Gasteiger partial charge in [0.1, 0.15) is 11.4 Å². The lowest BCUT2D eigenvalue weighted by atomic mass is 10.2. The zero-order valence-corrected chi connectivity index (χ0v) is 14.1. The molecule has 0 aliphatic rings. The Hall–Kier alpha value is -3.64. The molecule has 0 saturated carbocycles. The average molecular weight is 381 g/mol. The van der Waals surface area contributed by atoms with Gasteiger partial charge in [0.15, 0.2) is 5.69 Å². The van der Waals surface area contributed by atoms with Crippen LogP contribution in [0.1, 0.15) is 16.1 Å². The second kappa shape index (κ2) is 6.59. The number of rotatable bonds is 5. The van der Waals surface area contributed by atoms with Gasteiger partial charge in [-0.1, -0.05) is 0 Å². The molecule has 1 amide bonds. The molecule has 3 aromatic heterocycles. The van der Waals surface area contributed by atoms with E-state index in [1.54, 1.807) is 13.2 Å². The van der Waals surface area contributed by atoms with Crippen molar-refractivity contribution in [2.75, 3.05) is 10.6 Å². The Balaban J connectivity index is 2.00. The first-order valence-corrected chi connectivity index (χ1v) is 7.44. The molecule has 3 heterocycles. The largest absolute Gasteiger partial charge is 0.421 e. The number of halogens is 3. The standard InChI is InChI=1S/C14H14F3N9O/c1-25-5-7(3-20-25)21-13-19-4-8(14(15,16)17)12(23-13)22-9-6-26(2)24-10(9)11(18)27/h3-6H,1-2H3,(H2,18,27)(H2,19,21,22,23). The molecule has 27 heavy (non-hydrogen) atoms. The van der Waals surface area contributed by atoms with Crippen LogP contribution in [0.4, 0.5) is 36.3 Å². The summed E-state index contributed by atoms with van der Waals surface area (Å²) in [6.07, 6.45) is 0.288. The summed E-state index contributed by atoms with van der Waals surface area (Å²) in [6.45, 7) is 0. The lowest BCUT2D eigenvalue weighted by molar-refractivity contribution is -0.137. The van der Waals surface area contributed by atoms with E-state index in [-0.39, 0.29) is 17.3 Å². The number of nitrogens with zero attached hydrogens (tertiary/aromatic N) is 6. The fourth-order valence-electron chi connectivity index (χ4n) is 2.25. The highest BCUT2D eigenvalue weighted by molar-refractivity contribution is 5.97. The number of primary amides is 1. The predicted molar refractivity (Wildman–Crippen MR) is 88.5 cm³/mol. The lowest BCUT2D eigenvalue weighted by Crippen LogP contribution is -2.16. The molecular weight excluding hydrogens is 367 g/mol. The van der Waals surface area contributed by atoms with Crippen LogP contribution in [0.25, 0.3) is 0 Å². The molecule has 0 saturated heterocycles. The van der Waals surface area contributed by atoms with Crippen LogP contribution in [-0.2, 0) is 20.3 Å². The molecule has 0 fully saturated rings. The lowest BCUT2D eigenvalue weighted by Gasteiger charge is -2.14. The van der Waals surface area contributed by atoms with Gasteiger partial charge in [0.25, 0.3) is 5.91 Å². The van der Waals surface area contributed by atoms with E-state index in [1.807, 2.05) is 0 Å². The first-order chi connectivity index (χ1) is 12.6. The molecule has 3 aromatic rings. The highest BCUT2D eigenvalue weighted by Gasteiger charge is 2.36. The van der Waals surface area contributed by atoms with E-state index in [0.29, 0.717) is 11.9 Å². The van der Waals surface area contributed by atoms with Gasteiger partial charge in [-0.15, -0.1) is 0 Å². The van der Waals surface area contributed by atoms with Crippen molar-refractivity contribution in [3.05, 3.63) is 36.0 Å². The van der Waals surface area contributed by atoms with Crippen molar-refractivity contribution in [3.63, 3.8) is 0 Å². The summed E-state index contributed by atoms with van der Waals surface area (Å²) in [7, 11) is 3.18. The Morgan fingerprint density at radius 2 is 1.89 bits per heavy atom. The Bertz CT molecular complexity index is 992. The molecule has 0 unspecified atom stereocenters. The van der Waals surface area contributed by atoms with Gasteiger partial charge in [-0.25, -0.2) is 4.98 Å². The molecule has 0 bridgehead atoms. The average Bonchev–Trinajstić information content (AvgIpc) is 3.12. The number of anilines is 4. The smallest absolute Gasteiger partial charge is 0.364 e. The number of aryl methyl sites for hydroxylation is 2. The minimum Gasteiger partial charge on any atom is -0.364 e. The van der Waals surface area contributed by atoms with E-state index in [2.05, 4.69) is 30.8 Å². The number of nitrogens with one attached hydrogen (secondary N) is 2. The van der Waals surface area contributed by atoms with E-state index < -0.39 is 23.5 Å². The normalized spacial score (nSPS) is 11.4. The van der Waals surface area contributed by atoms with Crippen LogP contribution in [0.5, 0.6) is 0 Å². The third-order valence-electron chi connectivity index (χ3n) is 3.37. The molecule has 0 spiro atoms. The molecule has 0 radical (unpaired) electrons. The van der Waals surface area contributed by atoms with Crippen LogP contribution >= 0.6 is 0 Å². The predicted octanol–water partition coefficient (Wildman–Crippen LogP) is 1.55. The monoisotopic (exact) mass is 381 g/mol. The number of carbonyl (C=O) groups is 1. The van der Waals surface area contributed by atoms with Crippen molar-refractivity contribution in [1.29, 1.82) is 0 Å². The second-order valence-corrected chi connectivity index (χ2v) is 5.54. The molecule has 0 aliphatic carbocycles. The van der Waals surface area contributed by atoms with Gasteiger partial charge in [0.05, 0.1) is 17.6 Å². The number of nitrogens with two attached hydrogens (primary N) is 1. The van der Waals surface area contributed by atoms with Crippen molar-refractivity contribution in [2.24, 2.45) is 19.8 Å². The SMILES string of the molecule is Cn1cc(Nc2ncc(C(F)(F)F)c(Nc3cn(C)nc3C(N)=O)n2)cn1. The van der Waals surface area contributed by atoms with Crippen LogP contribution in [0.2, 0.25) is 0 Å². The zero-order chi connectivity index (χ0) is 19.8. The Labute approximate surface area is 150 Å². The van der Waals surface area contributed by atoms with Crippen LogP contribution in [0.3, 0.4) is 0 Å². The molecule has 3 rings (SSSR count). The Morgan fingerprint density at radius 3 is 2.48 bits per heavy atom. The van der Waals surface area contributed by atoms with Gasteiger partial charge in [-0.3, -0.25) is 14.2 Å². The van der Waals surface area contributed by atoms with E-state index in [4.69, 9.17) is 5.73 Å². The summed E-state index contributed by atoms with van der Waals surface area (Å²) in [5.41, 5.74) is 4.36. The number of aromatic nitrogens is 6. The van der Waals surface area contributed by atoms with Gasteiger partial charge >= 0.3 is 6.18 Å². The third kappa shape index (κ3) is 3.96. The minimum absolute atomic E-state index is 0.0125. The van der Waals surface area contributed by atoms with Crippen molar-refractivity contribution < 1.29 is 18.0 Å². The minimum atomic E-state index is -4.72. The summed E-state index contributed by atoms with van der Waals surface area (Å²) >= 11 is 0. The van der Waals surface area contributed by atoms with Gasteiger partial charge in [0.2, 0.25) is 5.95 Å². The summed E-state index contributed by atoms with van der Waals surface area (Å²) < 4.78 is 42.7. The third-order valence-corrected chi connectivity index (χ3v) is 3.37. The number of amides is 1. The number of alkyl halides is 3. The van der Waals surface area contributed by atoms with E-state index in [0.717, 1.165) is 0 Å². The number of hydrogen-bond acceptors (Lipinski definition) is 7. The summed E-state index contributed by atoms with van der Waals surface area (Å²) in [4.78, 5) is 19.0. The number of hydrogen-bond donors (Lipinski definition) is 3. The Kier molecular flexibility index (Phi) is 4.43. The fourth-order valence-corrected chi connectivity index (χ4v) is 2.25. The summed E-state index contributed by atoms with van der Waals surface area (Å²) in [5, 5.41) is 13.0. The molecule has 0 atom stereocenters. The Morgan fingerprint density at radius 1 is 1.15 bits per heavy atom. The van der Waals surface area contributed by atoms with Crippen molar-refractivity contribution in [1.82, 2.24) is 29.5 Å². The molecule has 4 N–H and O–H groups in total. The van der Waals surface area contributed by atoms with Crippen LogP contribution < -0.4 is 16.4 Å². The van der Waals surface area contributed by atoms with Gasteiger partial charge in [-0.05, 0) is 0 Å². The summed E-state index contributed by atoms with van der Waals surface area (Å²) in [5.74, 6) is -1.54. The van der Waals surface area contributed by atoms with E-state index in [9.17, 15) is 18.0 Å². The van der Waals surface area contributed by atoms with Crippen molar-refractivity contribution in [3.8, 4) is 0 Å². The van der Waals surface area contributed by atoms with Crippen LogP contribution in [0.15, 0.2) is 24.8 Å². The summed E-state index contributed by atoms with van der Waals surface area (Å²) in [6, 6.07) is 0. The molecular formula is C14H14F3N9O. The first kappa shape index (κ1) is 18.2. The van der Waals surface area contributed by atoms with Crippen LogP contribution in [0, 0.1) is 0 Å². The first-order valence-electron chi connectivity index (χ1n) is 7.44. The maximum atomic E-state index is 13.3. The highest BCUT2D eigenvalue weighted by atomic mass is 19.4. The molecule has 142 valence electrons. The molecule has 0 aliphatic heterocycles. The van der Waals surface area contributed by atoms with Gasteiger partial charge < -0.3 is 16.4 Å². The molecule has 13 heteroatoms. The zero-order valence-electron chi connectivity index (χ0n) is 14.1. The topological polar surface area (TPSA) is 129 Å². The van der Waals surface area contributed by atoms with Crippen molar-refractivity contribution >= 4 is 29.0 Å². The molecule has 10 nitrogen and oxygen atoms in total. The van der Waals surface area contributed by atoms with Crippen molar-refractivity contribution in [2.45, 2.75) is 6.18 Å². The van der Waals surface area contributed by atoms with Gasteiger partial charge in [-0.2, -0.15) is 28.4 Å². The quantitative estimate of drug-likeness (QED) is 0.611. The fraction of sp³-hybridized carbons (Fsp3) is 0.214. The van der Waals surface area contributed by atoms with Crippen LogP contribution in [-0.4, -0.2) is 35.4 Å².